The maximum Gasteiger partial charge on any atom is 0.166 e. The van der Waals surface area contributed by atoms with Crippen molar-refractivity contribution in [2.45, 2.75) is 71.8 Å². The van der Waals surface area contributed by atoms with E-state index in [4.69, 9.17) is 0 Å². The van der Waals surface area contributed by atoms with Crippen LogP contribution in [0.15, 0.2) is 0 Å². The van der Waals surface area contributed by atoms with Gasteiger partial charge in [-0.2, -0.15) is 0 Å². The zero-order valence-electron chi connectivity index (χ0n) is 13.1. The van der Waals surface area contributed by atoms with E-state index in [9.17, 15) is 4.39 Å². The van der Waals surface area contributed by atoms with Crippen LogP contribution in [-0.4, -0.2) is 47.8 Å². The van der Waals surface area contributed by atoms with Gasteiger partial charge >= 0.3 is 0 Å². The van der Waals surface area contributed by atoms with E-state index in [1.54, 1.807) is 0 Å². The van der Waals surface area contributed by atoms with Gasteiger partial charge in [0.15, 0.2) is 6.30 Å². The first-order valence-electron chi connectivity index (χ1n) is 8.13. The molecule has 2 fully saturated rings. The lowest BCUT2D eigenvalue weighted by Crippen LogP contribution is -2.56. The minimum Gasteiger partial charge on any atom is -0.295 e. The van der Waals surface area contributed by atoms with Gasteiger partial charge in [-0.1, -0.05) is 13.8 Å². The summed E-state index contributed by atoms with van der Waals surface area (Å²) in [5.74, 6) is 1.66. The first-order valence-corrected chi connectivity index (χ1v) is 8.13. The summed E-state index contributed by atoms with van der Waals surface area (Å²) in [5, 5.41) is 0. The highest BCUT2D eigenvalue weighted by Gasteiger charge is 2.35. The third-order valence-electron chi connectivity index (χ3n) is 5.27. The van der Waals surface area contributed by atoms with Gasteiger partial charge in [0, 0.05) is 31.7 Å². The predicted molar refractivity (Wildman–Crippen MR) is 78.9 cm³/mol. The Kier molecular flexibility index (Phi) is 5.24. The third-order valence-corrected chi connectivity index (χ3v) is 5.27. The molecular weight excluding hydrogens is 239 g/mol. The lowest BCUT2D eigenvalue weighted by atomic mass is 9.79. The van der Waals surface area contributed by atoms with Crippen LogP contribution in [0.25, 0.3) is 0 Å². The number of hydrogen-bond donors (Lipinski definition) is 0. The van der Waals surface area contributed by atoms with Gasteiger partial charge in [-0.15, -0.1) is 0 Å². The quantitative estimate of drug-likeness (QED) is 0.724. The van der Waals surface area contributed by atoms with Gasteiger partial charge in [-0.3, -0.25) is 9.80 Å². The number of hydrogen-bond acceptors (Lipinski definition) is 2. The summed E-state index contributed by atoms with van der Waals surface area (Å²) in [6.45, 7) is 11.5. The van der Waals surface area contributed by atoms with E-state index < -0.39 is 6.30 Å². The van der Waals surface area contributed by atoms with Gasteiger partial charge in [0.05, 0.1) is 0 Å². The fourth-order valence-electron chi connectivity index (χ4n) is 3.75. The molecule has 0 unspecified atom stereocenters. The van der Waals surface area contributed by atoms with Gasteiger partial charge in [0.25, 0.3) is 0 Å². The van der Waals surface area contributed by atoms with Crippen molar-refractivity contribution in [1.82, 2.24) is 9.80 Å². The zero-order chi connectivity index (χ0) is 14.0. The summed E-state index contributed by atoms with van der Waals surface area (Å²) in [6.07, 6.45) is 4.23. The molecule has 1 aliphatic carbocycles. The molecule has 0 amide bonds. The maximum atomic E-state index is 14.4. The molecule has 0 aromatic carbocycles. The third kappa shape index (κ3) is 3.69. The van der Waals surface area contributed by atoms with Crippen molar-refractivity contribution in [3.63, 3.8) is 0 Å². The van der Waals surface area contributed by atoms with E-state index in [0.717, 1.165) is 24.9 Å². The molecule has 1 aliphatic heterocycles. The molecule has 2 nitrogen and oxygen atoms in total. The number of nitrogens with zero attached hydrogens (tertiary/aromatic N) is 2. The molecule has 0 aromatic heterocycles. The van der Waals surface area contributed by atoms with Crippen LogP contribution in [0.4, 0.5) is 4.39 Å². The first kappa shape index (κ1) is 15.2. The average Bonchev–Trinajstić information content (AvgIpc) is 2.38. The number of alkyl halides is 1. The Bertz CT molecular complexity index is 272. The molecule has 1 heterocycles. The predicted octanol–water partition coefficient (Wildman–Crippen LogP) is 3.52. The summed E-state index contributed by atoms with van der Waals surface area (Å²) in [5.41, 5.74) is 0. The Morgan fingerprint density at radius 1 is 0.947 bits per heavy atom. The number of piperazine rings is 1. The van der Waals surface area contributed by atoms with Crippen LogP contribution < -0.4 is 0 Å². The molecule has 1 atom stereocenters. The normalized spacial score (nSPS) is 35.2. The molecule has 0 radical (unpaired) electrons. The van der Waals surface area contributed by atoms with Crippen LogP contribution >= 0.6 is 0 Å². The highest BCUT2D eigenvalue weighted by molar-refractivity contribution is 4.86. The SMILES string of the molecule is CC(C)C1CCC(N2CCN(C(C)C)C[C@H]2F)CC1. The van der Waals surface area contributed by atoms with Gasteiger partial charge < -0.3 is 0 Å². The van der Waals surface area contributed by atoms with E-state index in [1.807, 2.05) is 0 Å². The molecule has 0 spiro atoms. The van der Waals surface area contributed by atoms with E-state index >= 15 is 0 Å². The Balaban J connectivity index is 1.84. The molecule has 2 aliphatic rings. The molecule has 3 heteroatoms. The van der Waals surface area contributed by atoms with E-state index in [-0.39, 0.29) is 0 Å². The minimum atomic E-state index is -0.753. The molecule has 19 heavy (non-hydrogen) atoms. The van der Waals surface area contributed by atoms with Crippen LogP contribution in [0, 0.1) is 11.8 Å². The van der Waals surface area contributed by atoms with Crippen LogP contribution in [0.2, 0.25) is 0 Å². The summed E-state index contributed by atoms with van der Waals surface area (Å²) in [7, 11) is 0. The van der Waals surface area contributed by atoms with Gasteiger partial charge in [0.2, 0.25) is 0 Å². The lowest BCUT2D eigenvalue weighted by molar-refractivity contribution is -0.0489. The average molecular weight is 270 g/mol. The van der Waals surface area contributed by atoms with Gasteiger partial charge in [-0.05, 0) is 51.4 Å². The largest absolute Gasteiger partial charge is 0.295 e. The Hall–Kier alpha value is -0.150. The van der Waals surface area contributed by atoms with Crippen molar-refractivity contribution in [2.24, 2.45) is 11.8 Å². The lowest BCUT2D eigenvalue weighted by Gasteiger charge is -2.45. The molecule has 2 rings (SSSR count). The monoisotopic (exact) mass is 270 g/mol. The van der Waals surface area contributed by atoms with E-state index in [2.05, 4.69) is 37.5 Å². The van der Waals surface area contributed by atoms with E-state index in [0.29, 0.717) is 18.6 Å². The van der Waals surface area contributed by atoms with Crippen molar-refractivity contribution < 1.29 is 4.39 Å². The zero-order valence-corrected chi connectivity index (χ0v) is 13.1. The number of rotatable bonds is 3. The molecular formula is C16H31FN2. The summed E-state index contributed by atoms with van der Waals surface area (Å²) < 4.78 is 14.4. The Morgan fingerprint density at radius 2 is 1.58 bits per heavy atom. The fraction of sp³-hybridized carbons (Fsp3) is 1.00. The van der Waals surface area contributed by atoms with Crippen LogP contribution in [0.1, 0.15) is 53.4 Å². The summed E-state index contributed by atoms with van der Waals surface area (Å²) >= 11 is 0. The van der Waals surface area contributed by atoms with Gasteiger partial charge in [-0.25, -0.2) is 4.39 Å². The Labute approximate surface area is 118 Å². The van der Waals surface area contributed by atoms with Crippen LogP contribution in [0.5, 0.6) is 0 Å². The summed E-state index contributed by atoms with van der Waals surface area (Å²) in [6, 6.07) is 0.969. The highest BCUT2D eigenvalue weighted by Crippen LogP contribution is 2.33. The van der Waals surface area contributed by atoms with Crippen LogP contribution in [-0.2, 0) is 0 Å². The molecule has 0 N–H and O–H groups in total. The second-order valence-electron chi connectivity index (χ2n) is 7.07. The van der Waals surface area contributed by atoms with Crippen molar-refractivity contribution in [1.29, 1.82) is 0 Å². The van der Waals surface area contributed by atoms with E-state index in [1.165, 1.54) is 25.7 Å². The fourth-order valence-corrected chi connectivity index (χ4v) is 3.75. The first-order chi connectivity index (χ1) is 8.99. The Morgan fingerprint density at radius 3 is 2.05 bits per heavy atom. The molecule has 1 saturated carbocycles. The number of halogens is 1. The molecule has 0 aromatic rings. The van der Waals surface area contributed by atoms with Crippen molar-refractivity contribution >= 4 is 0 Å². The standard InChI is InChI=1S/C16H31FN2/c1-12(2)14-5-7-15(8-6-14)19-10-9-18(13(3)4)11-16(19)17/h12-16H,5-11H2,1-4H3/t14?,15?,16-/m0/s1. The topological polar surface area (TPSA) is 6.48 Å². The maximum absolute atomic E-state index is 14.4. The van der Waals surface area contributed by atoms with Crippen molar-refractivity contribution in [3.8, 4) is 0 Å². The molecule has 0 bridgehead atoms. The summed E-state index contributed by atoms with van der Waals surface area (Å²) in [4.78, 5) is 4.41. The second-order valence-corrected chi connectivity index (χ2v) is 7.07. The van der Waals surface area contributed by atoms with Crippen LogP contribution in [0.3, 0.4) is 0 Å². The highest BCUT2D eigenvalue weighted by atomic mass is 19.1. The minimum absolute atomic E-state index is 0.470. The smallest absolute Gasteiger partial charge is 0.166 e. The molecule has 1 saturated heterocycles. The second kappa shape index (κ2) is 6.53. The van der Waals surface area contributed by atoms with Crippen molar-refractivity contribution in [3.05, 3.63) is 0 Å². The van der Waals surface area contributed by atoms with Gasteiger partial charge in [0.1, 0.15) is 0 Å². The van der Waals surface area contributed by atoms with Crippen molar-refractivity contribution in [2.75, 3.05) is 19.6 Å². The molecule has 112 valence electrons.